The summed E-state index contributed by atoms with van der Waals surface area (Å²) < 4.78 is 1.84. The van der Waals surface area contributed by atoms with Gasteiger partial charge in [-0.15, -0.1) is 0 Å². The monoisotopic (exact) mass is 278 g/mol. The molecule has 0 radical (unpaired) electrons. The molecule has 2 rings (SSSR count). The number of hydrogen-bond donors (Lipinski definition) is 1. The van der Waals surface area contributed by atoms with Crippen LogP contribution in [0.4, 0.5) is 0 Å². The highest BCUT2D eigenvalue weighted by Crippen LogP contribution is 2.38. The average molecular weight is 278 g/mol. The van der Waals surface area contributed by atoms with Gasteiger partial charge >= 0.3 is 0 Å². The van der Waals surface area contributed by atoms with Crippen LogP contribution in [0.15, 0.2) is 6.33 Å². The molecule has 1 aliphatic rings. The van der Waals surface area contributed by atoms with E-state index >= 15 is 0 Å². The number of aromatic nitrogens is 3. The van der Waals surface area contributed by atoms with Gasteiger partial charge < -0.3 is 5.73 Å². The highest BCUT2D eigenvalue weighted by atomic mass is 16.1. The van der Waals surface area contributed by atoms with Gasteiger partial charge in [-0.25, -0.2) is 9.67 Å². The number of carbonyl (C=O) groups is 1. The van der Waals surface area contributed by atoms with Gasteiger partial charge in [-0.3, -0.25) is 4.79 Å². The Bertz CT molecular complexity index is 435. The van der Waals surface area contributed by atoms with Gasteiger partial charge in [0, 0.05) is 13.0 Å². The molecule has 0 amide bonds. The number of Topliss-reactive ketones (excluding diaryl/α,β-unsaturated/α-hetero) is 1. The maximum Gasteiger partial charge on any atom is 0.141 e. The van der Waals surface area contributed by atoms with Crippen LogP contribution in [0.25, 0.3) is 0 Å². The summed E-state index contributed by atoms with van der Waals surface area (Å²) in [5, 5.41) is 4.17. The van der Waals surface area contributed by atoms with Gasteiger partial charge in [0.05, 0.1) is 6.42 Å². The fraction of sp³-hybridized carbons (Fsp3) is 0.800. The van der Waals surface area contributed by atoms with Gasteiger partial charge in [0.15, 0.2) is 0 Å². The molecule has 1 aromatic heterocycles. The number of hydrogen-bond acceptors (Lipinski definition) is 4. The van der Waals surface area contributed by atoms with Crippen LogP contribution < -0.4 is 5.73 Å². The summed E-state index contributed by atoms with van der Waals surface area (Å²) in [6, 6.07) is 0. The third kappa shape index (κ3) is 3.66. The molecule has 0 aromatic carbocycles. The Morgan fingerprint density at radius 2 is 2.15 bits per heavy atom. The van der Waals surface area contributed by atoms with Crippen LogP contribution in [-0.2, 0) is 17.8 Å². The van der Waals surface area contributed by atoms with Crippen molar-refractivity contribution in [3.8, 4) is 0 Å². The topological polar surface area (TPSA) is 73.8 Å². The summed E-state index contributed by atoms with van der Waals surface area (Å²) in [6.07, 6.45) is 9.40. The molecule has 0 bridgehead atoms. The molecule has 0 atom stereocenters. The first-order valence-corrected chi connectivity index (χ1v) is 7.77. The van der Waals surface area contributed by atoms with Gasteiger partial charge in [0.2, 0.25) is 0 Å². The second kappa shape index (κ2) is 6.97. The van der Waals surface area contributed by atoms with Gasteiger partial charge in [-0.2, -0.15) is 5.10 Å². The molecule has 1 saturated carbocycles. The van der Waals surface area contributed by atoms with Crippen molar-refractivity contribution in [2.45, 2.75) is 64.8 Å². The molecule has 1 fully saturated rings. The first kappa shape index (κ1) is 15.2. The van der Waals surface area contributed by atoms with E-state index in [-0.39, 0.29) is 11.2 Å². The lowest BCUT2D eigenvalue weighted by Crippen LogP contribution is -2.35. The number of ketones is 1. The van der Waals surface area contributed by atoms with Crippen molar-refractivity contribution in [3.05, 3.63) is 12.2 Å². The largest absolute Gasteiger partial charge is 0.330 e. The summed E-state index contributed by atoms with van der Waals surface area (Å²) in [4.78, 5) is 16.6. The molecule has 0 unspecified atom stereocenters. The highest BCUT2D eigenvalue weighted by molar-refractivity contribution is 5.80. The Balaban J connectivity index is 1.95. The summed E-state index contributed by atoms with van der Waals surface area (Å²) in [5.41, 5.74) is 6.00. The zero-order chi connectivity index (χ0) is 14.4. The molecule has 2 N–H and O–H groups in total. The lowest BCUT2D eigenvalue weighted by Gasteiger charge is -2.35. The van der Waals surface area contributed by atoms with Crippen molar-refractivity contribution in [1.82, 2.24) is 14.8 Å². The summed E-state index contributed by atoms with van der Waals surface area (Å²) in [5.74, 6) is 1.04. The second-order valence-electron chi connectivity index (χ2n) is 6.06. The van der Waals surface area contributed by atoms with E-state index in [0.29, 0.717) is 19.4 Å². The second-order valence-corrected chi connectivity index (χ2v) is 6.06. The highest BCUT2D eigenvalue weighted by Gasteiger charge is 2.33. The zero-order valence-corrected chi connectivity index (χ0v) is 12.5. The Hall–Kier alpha value is -1.23. The standard InChI is InChI=1S/C15H26N4O/c1-2-8-19-14(17-12-18-19)9-13(20)10-15(11-16)6-4-3-5-7-15/h12H,2-11,16H2,1H3. The number of rotatable bonds is 7. The molecule has 0 saturated heterocycles. The van der Waals surface area contributed by atoms with Crippen LogP contribution in [0.5, 0.6) is 0 Å². The van der Waals surface area contributed by atoms with Crippen molar-refractivity contribution in [2.75, 3.05) is 6.54 Å². The van der Waals surface area contributed by atoms with Crippen molar-refractivity contribution in [2.24, 2.45) is 11.1 Å². The number of nitrogens with zero attached hydrogens (tertiary/aromatic N) is 3. The van der Waals surface area contributed by atoms with Crippen molar-refractivity contribution >= 4 is 5.78 Å². The Kier molecular flexibility index (Phi) is 5.29. The Morgan fingerprint density at radius 3 is 2.80 bits per heavy atom. The quantitative estimate of drug-likeness (QED) is 0.829. The van der Waals surface area contributed by atoms with E-state index in [0.717, 1.165) is 31.6 Å². The molecule has 5 heteroatoms. The molecule has 20 heavy (non-hydrogen) atoms. The van der Waals surface area contributed by atoms with Crippen molar-refractivity contribution in [1.29, 1.82) is 0 Å². The first-order valence-electron chi connectivity index (χ1n) is 7.77. The van der Waals surface area contributed by atoms with Crippen molar-refractivity contribution < 1.29 is 4.79 Å². The van der Waals surface area contributed by atoms with Crippen LogP contribution in [-0.4, -0.2) is 27.1 Å². The molecular weight excluding hydrogens is 252 g/mol. The molecule has 1 heterocycles. The molecule has 112 valence electrons. The molecule has 0 aliphatic heterocycles. The minimum atomic E-state index is 0.0466. The van der Waals surface area contributed by atoms with Crippen LogP contribution >= 0.6 is 0 Å². The number of aryl methyl sites for hydroxylation is 1. The number of carbonyl (C=O) groups excluding carboxylic acids is 1. The maximum atomic E-state index is 12.4. The lowest BCUT2D eigenvalue weighted by molar-refractivity contribution is -0.121. The van der Waals surface area contributed by atoms with E-state index in [4.69, 9.17) is 5.73 Å². The van der Waals surface area contributed by atoms with Crippen molar-refractivity contribution in [3.63, 3.8) is 0 Å². The first-order chi connectivity index (χ1) is 9.69. The average Bonchev–Trinajstić information content (AvgIpc) is 2.87. The fourth-order valence-corrected chi connectivity index (χ4v) is 3.24. The molecule has 0 spiro atoms. The molecule has 1 aromatic rings. The maximum absolute atomic E-state index is 12.4. The zero-order valence-electron chi connectivity index (χ0n) is 12.5. The molecule has 1 aliphatic carbocycles. The summed E-state index contributed by atoms with van der Waals surface area (Å²) >= 11 is 0. The Labute approximate surface area is 120 Å². The number of nitrogens with two attached hydrogens (primary N) is 1. The van der Waals surface area contributed by atoms with Crippen LogP contribution in [0.1, 0.15) is 57.7 Å². The van der Waals surface area contributed by atoms with Crippen LogP contribution in [0.2, 0.25) is 0 Å². The third-order valence-electron chi connectivity index (χ3n) is 4.41. The van der Waals surface area contributed by atoms with Crippen LogP contribution in [0.3, 0.4) is 0 Å². The van der Waals surface area contributed by atoms with Gasteiger partial charge in [0.1, 0.15) is 17.9 Å². The van der Waals surface area contributed by atoms with Crippen LogP contribution in [0, 0.1) is 5.41 Å². The normalized spacial score (nSPS) is 18.1. The summed E-state index contributed by atoms with van der Waals surface area (Å²) in [7, 11) is 0. The van der Waals surface area contributed by atoms with E-state index in [2.05, 4.69) is 17.0 Å². The smallest absolute Gasteiger partial charge is 0.141 e. The predicted molar refractivity (Wildman–Crippen MR) is 78.2 cm³/mol. The molecular formula is C15H26N4O. The Morgan fingerprint density at radius 1 is 1.40 bits per heavy atom. The van der Waals surface area contributed by atoms with E-state index < -0.39 is 0 Å². The minimum Gasteiger partial charge on any atom is -0.330 e. The van der Waals surface area contributed by atoms with Gasteiger partial charge in [-0.05, 0) is 31.2 Å². The molecule has 5 nitrogen and oxygen atoms in total. The lowest BCUT2D eigenvalue weighted by atomic mass is 9.71. The predicted octanol–water partition coefficient (Wildman–Crippen LogP) is 2.10. The van der Waals surface area contributed by atoms with E-state index in [1.54, 1.807) is 0 Å². The van der Waals surface area contributed by atoms with E-state index in [9.17, 15) is 4.79 Å². The SMILES string of the molecule is CCCn1ncnc1CC(=O)CC1(CN)CCCCC1. The summed E-state index contributed by atoms with van der Waals surface area (Å²) in [6.45, 7) is 3.55. The van der Waals surface area contributed by atoms with E-state index in [1.165, 1.54) is 25.6 Å². The third-order valence-corrected chi connectivity index (χ3v) is 4.41. The van der Waals surface area contributed by atoms with E-state index in [1.807, 2.05) is 4.68 Å². The minimum absolute atomic E-state index is 0.0466. The van der Waals surface area contributed by atoms with Gasteiger partial charge in [-0.1, -0.05) is 26.2 Å². The van der Waals surface area contributed by atoms with Gasteiger partial charge in [0.25, 0.3) is 0 Å². The fourth-order valence-electron chi connectivity index (χ4n) is 3.24.